The summed E-state index contributed by atoms with van der Waals surface area (Å²) in [5.41, 5.74) is 1.91. The van der Waals surface area contributed by atoms with Crippen molar-refractivity contribution in [2.24, 2.45) is 0 Å². The van der Waals surface area contributed by atoms with E-state index in [1.54, 1.807) is 18.0 Å². The number of rotatable bonds is 7. The van der Waals surface area contributed by atoms with Gasteiger partial charge >= 0.3 is 0 Å². The Hall–Kier alpha value is -3.32. The molecule has 0 saturated carbocycles. The molecule has 7 heteroatoms. The van der Waals surface area contributed by atoms with Crippen LogP contribution in [0.5, 0.6) is 11.5 Å². The molecule has 1 aliphatic rings. The van der Waals surface area contributed by atoms with E-state index in [1.165, 1.54) is 11.3 Å². The van der Waals surface area contributed by atoms with Gasteiger partial charge in [-0.1, -0.05) is 42.5 Å². The SMILES string of the molecule is CN(Cc1ccc2c(c1)OCO2)C(=O)[C@@H](Cc1ccccc1)NC(=O)c1cccs1. The summed E-state index contributed by atoms with van der Waals surface area (Å²) in [6, 6.07) is 18.2. The summed E-state index contributed by atoms with van der Waals surface area (Å²) in [6.07, 6.45) is 0.419. The Balaban J connectivity index is 1.49. The van der Waals surface area contributed by atoms with Crippen molar-refractivity contribution in [3.8, 4) is 11.5 Å². The second-order valence-electron chi connectivity index (χ2n) is 7.07. The summed E-state index contributed by atoms with van der Waals surface area (Å²) in [5, 5.41) is 4.75. The molecule has 0 aliphatic carbocycles. The monoisotopic (exact) mass is 422 g/mol. The molecule has 0 saturated heterocycles. The molecule has 0 spiro atoms. The fourth-order valence-electron chi connectivity index (χ4n) is 3.34. The molecule has 1 N–H and O–H groups in total. The van der Waals surface area contributed by atoms with Gasteiger partial charge in [-0.15, -0.1) is 11.3 Å². The van der Waals surface area contributed by atoms with E-state index in [9.17, 15) is 9.59 Å². The van der Waals surface area contributed by atoms with Crippen LogP contribution in [0, 0.1) is 0 Å². The second-order valence-corrected chi connectivity index (χ2v) is 8.02. The average molecular weight is 423 g/mol. The number of nitrogens with zero attached hydrogens (tertiary/aromatic N) is 1. The Bertz CT molecular complexity index is 1020. The Morgan fingerprint density at radius 3 is 2.60 bits per heavy atom. The molecule has 2 heterocycles. The van der Waals surface area contributed by atoms with Crippen LogP contribution in [-0.2, 0) is 17.8 Å². The minimum absolute atomic E-state index is 0.151. The van der Waals surface area contributed by atoms with Crippen LogP contribution >= 0.6 is 11.3 Å². The highest BCUT2D eigenvalue weighted by Gasteiger charge is 2.26. The lowest BCUT2D eigenvalue weighted by Gasteiger charge is -2.25. The first kappa shape index (κ1) is 20.0. The van der Waals surface area contributed by atoms with Crippen molar-refractivity contribution in [2.45, 2.75) is 19.0 Å². The van der Waals surface area contributed by atoms with Crippen molar-refractivity contribution >= 4 is 23.2 Å². The van der Waals surface area contributed by atoms with Gasteiger partial charge in [-0.25, -0.2) is 0 Å². The molecule has 0 radical (unpaired) electrons. The van der Waals surface area contributed by atoms with E-state index >= 15 is 0 Å². The molecule has 30 heavy (non-hydrogen) atoms. The summed E-state index contributed by atoms with van der Waals surface area (Å²) in [5.74, 6) is 0.996. The lowest BCUT2D eigenvalue weighted by Crippen LogP contribution is -2.48. The number of amides is 2. The second kappa shape index (κ2) is 9.00. The van der Waals surface area contributed by atoms with E-state index in [-0.39, 0.29) is 18.6 Å². The first-order valence-corrected chi connectivity index (χ1v) is 10.5. The smallest absolute Gasteiger partial charge is 0.262 e. The van der Waals surface area contributed by atoms with Gasteiger partial charge in [-0.3, -0.25) is 9.59 Å². The molecule has 2 amide bonds. The lowest BCUT2D eigenvalue weighted by molar-refractivity contribution is -0.132. The normalized spacial score (nSPS) is 13.0. The minimum atomic E-state index is -0.666. The molecule has 0 fully saturated rings. The van der Waals surface area contributed by atoms with E-state index in [0.29, 0.717) is 29.3 Å². The third kappa shape index (κ3) is 4.63. The van der Waals surface area contributed by atoms with Gasteiger partial charge in [0.15, 0.2) is 11.5 Å². The Morgan fingerprint density at radius 1 is 1.03 bits per heavy atom. The van der Waals surface area contributed by atoms with Crippen LogP contribution < -0.4 is 14.8 Å². The van der Waals surface area contributed by atoms with Crippen molar-refractivity contribution in [1.29, 1.82) is 0 Å². The third-order valence-corrected chi connectivity index (χ3v) is 5.73. The molecule has 6 nitrogen and oxygen atoms in total. The van der Waals surface area contributed by atoms with Gasteiger partial charge < -0.3 is 19.7 Å². The molecule has 3 aromatic rings. The van der Waals surface area contributed by atoms with Crippen molar-refractivity contribution in [3.63, 3.8) is 0 Å². The zero-order valence-electron chi connectivity index (χ0n) is 16.5. The summed E-state index contributed by atoms with van der Waals surface area (Å²) >= 11 is 1.35. The maximum atomic E-state index is 13.2. The van der Waals surface area contributed by atoms with E-state index in [0.717, 1.165) is 11.1 Å². The van der Waals surface area contributed by atoms with Crippen molar-refractivity contribution < 1.29 is 19.1 Å². The van der Waals surface area contributed by atoms with Crippen LogP contribution in [0.2, 0.25) is 0 Å². The predicted octanol–water partition coefficient (Wildman–Crippen LogP) is 3.48. The number of carbonyl (C=O) groups excluding carboxylic acids is 2. The maximum Gasteiger partial charge on any atom is 0.262 e. The van der Waals surface area contributed by atoms with E-state index < -0.39 is 6.04 Å². The van der Waals surface area contributed by atoms with Gasteiger partial charge in [-0.05, 0) is 34.7 Å². The summed E-state index contributed by atoms with van der Waals surface area (Å²) in [7, 11) is 1.74. The molecule has 1 atom stereocenters. The molecule has 2 aromatic carbocycles. The topological polar surface area (TPSA) is 67.9 Å². The quantitative estimate of drug-likeness (QED) is 0.633. The van der Waals surface area contributed by atoms with Gasteiger partial charge in [0.2, 0.25) is 12.7 Å². The van der Waals surface area contributed by atoms with E-state index in [1.807, 2.05) is 60.0 Å². The Labute approximate surface area is 179 Å². The highest BCUT2D eigenvalue weighted by molar-refractivity contribution is 7.12. The first-order chi connectivity index (χ1) is 14.6. The number of thiophene rings is 1. The first-order valence-electron chi connectivity index (χ1n) is 9.62. The highest BCUT2D eigenvalue weighted by Crippen LogP contribution is 2.32. The van der Waals surface area contributed by atoms with Crippen molar-refractivity contribution in [3.05, 3.63) is 82.0 Å². The molecule has 4 rings (SSSR count). The zero-order valence-corrected chi connectivity index (χ0v) is 17.4. The summed E-state index contributed by atoms with van der Waals surface area (Å²) in [6.45, 7) is 0.608. The zero-order chi connectivity index (χ0) is 20.9. The molecular weight excluding hydrogens is 400 g/mol. The number of ether oxygens (including phenoxy) is 2. The predicted molar refractivity (Wildman–Crippen MR) is 115 cm³/mol. The van der Waals surface area contributed by atoms with Crippen LogP contribution in [0.15, 0.2) is 66.0 Å². The molecule has 1 aromatic heterocycles. The Morgan fingerprint density at radius 2 is 1.83 bits per heavy atom. The number of hydrogen-bond donors (Lipinski definition) is 1. The average Bonchev–Trinajstić information content (AvgIpc) is 3.45. The van der Waals surface area contributed by atoms with Gasteiger partial charge in [-0.2, -0.15) is 0 Å². The van der Waals surface area contributed by atoms with Crippen LogP contribution in [0.4, 0.5) is 0 Å². The fraction of sp³-hybridized carbons (Fsp3) is 0.217. The number of hydrogen-bond acceptors (Lipinski definition) is 5. The molecule has 0 bridgehead atoms. The van der Waals surface area contributed by atoms with Gasteiger partial charge in [0.1, 0.15) is 6.04 Å². The molecular formula is C23H22N2O4S. The highest BCUT2D eigenvalue weighted by atomic mass is 32.1. The lowest BCUT2D eigenvalue weighted by atomic mass is 10.0. The van der Waals surface area contributed by atoms with Crippen LogP contribution in [0.1, 0.15) is 20.8 Å². The van der Waals surface area contributed by atoms with Crippen LogP contribution in [0.25, 0.3) is 0 Å². The number of fused-ring (bicyclic) bond motifs is 1. The van der Waals surface area contributed by atoms with Crippen molar-refractivity contribution in [2.75, 3.05) is 13.8 Å². The fourth-order valence-corrected chi connectivity index (χ4v) is 3.97. The van der Waals surface area contributed by atoms with Crippen LogP contribution in [-0.4, -0.2) is 36.6 Å². The van der Waals surface area contributed by atoms with Crippen LogP contribution in [0.3, 0.4) is 0 Å². The summed E-state index contributed by atoms with van der Waals surface area (Å²) in [4.78, 5) is 28.1. The number of likely N-dealkylation sites (N-methyl/N-ethyl adjacent to an activating group) is 1. The summed E-state index contributed by atoms with van der Waals surface area (Å²) < 4.78 is 10.8. The van der Waals surface area contributed by atoms with Gasteiger partial charge in [0.25, 0.3) is 5.91 Å². The van der Waals surface area contributed by atoms with E-state index in [2.05, 4.69) is 5.32 Å². The standard InChI is InChI=1S/C23H22N2O4S/c1-25(14-17-9-10-19-20(13-17)29-15-28-19)23(27)18(12-16-6-3-2-4-7-16)24-22(26)21-8-5-11-30-21/h2-11,13,18H,12,14-15H2,1H3,(H,24,26)/t18-/m1/s1. The van der Waals surface area contributed by atoms with Gasteiger partial charge in [0.05, 0.1) is 4.88 Å². The van der Waals surface area contributed by atoms with E-state index in [4.69, 9.17) is 9.47 Å². The number of carbonyl (C=O) groups is 2. The largest absolute Gasteiger partial charge is 0.454 e. The number of nitrogens with one attached hydrogen (secondary N) is 1. The molecule has 154 valence electrons. The third-order valence-electron chi connectivity index (χ3n) is 4.86. The maximum absolute atomic E-state index is 13.2. The number of benzene rings is 2. The molecule has 0 unspecified atom stereocenters. The van der Waals surface area contributed by atoms with Gasteiger partial charge in [0, 0.05) is 20.0 Å². The van der Waals surface area contributed by atoms with Crippen molar-refractivity contribution in [1.82, 2.24) is 10.2 Å². The Kier molecular flexibility index (Phi) is 5.99. The minimum Gasteiger partial charge on any atom is -0.454 e. The molecule has 1 aliphatic heterocycles.